The average molecular weight is 355 g/mol. The van der Waals surface area contributed by atoms with Crippen LogP contribution in [0.15, 0.2) is 29.0 Å². The fourth-order valence-electron chi connectivity index (χ4n) is 1.90. The predicted molar refractivity (Wildman–Crippen MR) is 84.1 cm³/mol. The van der Waals surface area contributed by atoms with Gasteiger partial charge < -0.3 is 5.32 Å². The van der Waals surface area contributed by atoms with Crippen LogP contribution in [0.5, 0.6) is 0 Å². The highest BCUT2D eigenvalue weighted by Gasteiger charge is 2.17. The number of carbonyl (C=O) groups is 1. The molecule has 3 heterocycles. The number of hydrogen-bond acceptors (Lipinski definition) is 4. The van der Waals surface area contributed by atoms with Gasteiger partial charge in [0.1, 0.15) is 4.60 Å². The van der Waals surface area contributed by atoms with Gasteiger partial charge in [0.15, 0.2) is 0 Å². The van der Waals surface area contributed by atoms with Gasteiger partial charge in [0.05, 0.1) is 16.8 Å². The average Bonchev–Trinajstić information content (AvgIpc) is 2.85. The van der Waals surface area contributed by atoms with E-state index in [1.54, 1.807) is 17.5 Å². The minimum absolute atomic E-state index is 0.0477. The van der Waals surface area contributed by atoms with Gasteiger partial charge in [-0.1, -0.05) is 0 Å². The molecule has 0 bridgehead atoms. The molecule has 0 radical (unpaired) electrons. The molecule has 2 aromatic heterocycles. The van der Waals surface area contributed by atoms with E-state index in [1.807, 2.05) is 30.0 Å². The number of aromatic nitrogens is 1. The number of halogens is 1. The van der Waals surface area contributed by atoms with Gasteiger partial charge in [0, 0.05) is 10.6 Å². The van der Waals surface area contributed by atoms with Crippen LogP contribution in [-0.4, -0.2) is 16.6 Å². The molecule has 0 aliphatic carbocycles. The molecule has 19 heavy (non-hydrogen) atoms. The zero-order valence-electron chi connectivity index (χ0n) is 9.98. The normalized spacial score (nSPS) is 13.9. The van der Waals surface area contributed by atoms with E-state index < -0.39 is 0 Å². The largest absolute Gasteiger partial charge is 0.320 e. The number of nitrogens with one attached hydrogen (secondary N) is 1. The number of carbonyl (C=O) groups excluding carboxylic acids is 1. The molecule has 3 rings (SSSR count). The van der Waals surface area contributed by atoms with Crippen LogP contribution in [0, 0.1) is 0 Å². The maximum Gasteiger partial charge on any atom is 0.265 e. The summed E-state index contributed by atoms with van der Waals surface area (Å²) in [6, 6.07) is 5.66. The summed E-state index contributed by atoms with van der Waals surface area (Å²) in [4.78, 5) is 18.4. The first-order chi connectivity index (χ1) is 9.22. The highest BCUT2D eigenvalue weighted by atomic mass is 79.9. The van der Waals surface area contributed by atoms with E-state index in [4.69, 9.17) is 0 Å². The topological polar surface area (TPSA) is 42.0 Å². The first kappa shape index (κ1) is 13.1. The Balaban J connectivity index is 1.76. The Bertz CT molecular complexity index is 586. The van der Waals surface area contributed by atoms with E-state index in [9.17, 15) is 4.79 Å². The number of rotatable bonds is 2. The smallest absolute Gasteiger partial charge is 0.265 e. The predicted octanol–water partition coefficient (Wildman–Crippen LogP) is 3.95. The summed E-state index contributed by atoms with van der Waals surface area (Å²) in [5, 5.41) is 2.88. The Hall–Kier alpha value is -0.850. The lowest BCUT2D eigenvalue weighted by Gasteiger charge is -2.08. The van der Waals surface area contributed by atoms with Crippen molar-refractivity contribution in [3.8, 4) is 0 Å². The third-order valence-electron chi connectivity index (χ3n) is 2.84. The maximum atomic E-state index is 12.2. The molecule has 0 aromatic carbocycles. The monoisotopic (exact) mass is 354 g/mol. The minimum atomic E-state index is -0.0477. The number of aryl methyl sites for hydroxylation is 1. The van der Waals surface area contributed by atoms with Crippen LogP contribution in [0.4, 0.5) is 5.69 Å². The maximum absolute atomic E-state index is 12.2. The van der Waals surface area contributed by atoms with Crippen molar-refractivity contribution >= 4 is 50.6 Å². The van der Waals surface area contributed by atoms with Crippen molar-refractivity contribution in [2.24, 2.45) is 0 Å². The quantitative estimate of drug-likeness (QED) is 0.830. The molecule has 6 heteroatoms. The van der Waals surface area contributed by atoms with Gasteiger partial charge in [0.25, 0.3) is 5.91 Å². The van der Waals surface area contributed by atoms with E-state index in [0.29, 0.717) is 5.69 Å². The third-order valence-corrected chi connectivity index (χ3v) is 5.55. The van der Waals surface area contributed by atoms with Gasteiger partial charge in [-0.3, -0.25) is 4.79 Å². The van der Waals surface area contributed by atoms with Crippen molar-refractivity contribution in [3.63, 3.8) is 0 Å². The molecule has 1 amide bonds. The van der Waals surface area contributed by atoms with Crippen molar-refractivity contribution in [1.29, 1.82) is 0 Å². The van der Waals surface area contributed by atoms with Crippen LogP contribution in [0.1, 0.15) is 20.1 Å². The second kappa shape index (κ2) is 5.64. The highest BCUT2D eigenvalue weighted by Crippen LogP contribution is 2.32. The van der Waals surface area contributed by atoms with Gasteiger partial charge in [-0.2, -0.15) is 11.8 Å². The molecule has 0 fully saturated rings. The molecule has 98 valence electrons. The molecule has 0 unspecified atom stereocenters. The molecule has 3 nitrogen and oxygen atoms in total. The molecule has 0 saturated carbocycles. The molecule has 1 aliphatic heterocycles. The van der Waals surface area contributed by atoms with Crippen molar-refractivity contribution in [3.05, 3.63) is 44.3 Å². The van der Waals surface area contributed by atoms with Gasteiger partial charge in [-0.15, -0.1) is 11.3 Å². The van der Waals surface area contributed by atoms with Crippen LogP contribution >= 0.6 is 39.0 Å². The second-order valence-electron chi connectivity index (χ2n) is 4.19. The highest BCUT2D eigenvalue weighted by molar-refractivity contribution is 9.10. The number of anilines is 1. The van der Waals surface area contributed by atoms with Crippen molar-refractivity contribution in [1.82, 2.24) is 4.98 Å². The summed E-state index contributed by atoms with van der Waals surface area (Å²) in [5.41, 5.74) is 2.04. The first-order valence-electron chi connectivity index (χ1n) is 5.84. The summed E-state index contributed by atoms with van der Waals surface area (Å²) in [5.74, 6) is 2.14. The molecular formula is C13H11BrN2OS2. The number of pyridine rings is 1. The molecule has 1 aliphatic rings. The Labute approximate surface area is 128 Å². The first-order valence-corrected chi connectivity index (χ1v) is 8.61. The van der Waals surface area contributed by atoms with E-state index in [2.05, 4.69) is 26.2 Å². The summed E-state index contributed by atoms with van der Waals surface area (Å²) < 4.78 is 0.758. The van der Waals surface area contributed by atoms with Crippen LogP contribution in [0.3, 0.4) is 0 Å². The lowest BCUT2D eigenvalue weighted by molar-refractivity contribution is 0.103. The van der Waals surface area contributed by atoms with Gasteiger partial charge in [-0.05, 0) is 51.9 Å². The van der Waals surface area contributed by atoms with Crippen molar-refractivity contribution in [2.45, 2.75) is 12.2 Å². The lowest BCUT2D eigenvalue weighted by Crippen LogP contribution is -2.10. The van der Waals surface area contributed by atoms with Gasteiger partial charge >= 0.3 is 0 Å². The molecule has 0 spiro atoms. The molecule has 0 saturated heterocycles. The molecule has 0 atom stereocenters. The lowest BCUT2D eigenvalue weighted by atomic mass is 10.2. The fraction of sp³-hybridized carbons (Fsp3) is 0.231. The van der Waals surface area contributed by atoms with Crippen LogP contribution in [-0.2, 0) is 12.2 Å². The summed E-state index contributed by atoms with van der Waals surface area (Å²) in [6.07, 6.45) is 2.73. The van der Waals surface area contributed by atoms with E-state index >= 15 is 0 Å². The van der Waals surface area contributed by atoms with Gasteiger partial charge in [-0.25, -0.2) is 4.98 Å². The number of thiophene rings is 1. The van der Waals surface area contributed by atoms with Crippen molar-refractivity contribution < 1.29 is 4.79 Å². The van der Waals surface area contributed by atoms with E-state index in [-0.39, 0.29) is 5.91 Å². The Morgan fingerprint density at radius 1 is 1.42 bits per heavy atom. The summed E-state index contributed by atoms with van der Waals surface area (Å²) in [7, 11) is 0. The zero-order chi connectivity index (χ0) is 13.2. The number of nitrogens with zero attached hydrogens (tertiary/aromatic N) is 1. The summed E-state index contributed by atoms with van der Waals surface area (Å²) >= 11 is 6.81. The SMILES string of the molecule is O=C(Nc1ccc(Br)nc1)c1cc2c(s1)CCSC2. The summed E-state index contributed by atoms with van der Waals surface area (Å²) in [6.45, 7) is 0. The standard InChI is InChI=1S/C13H11BrN2OS2/c14-12-2-1-9(6-15-12)16-13(17)11-5-8-7-18-4-3-10(8)19-11/h1-2,5-6H,3-4,7H2,(H,16,17). The molecule has 1 N–H and O–H groups in total. The van der Waals surface area contributed by atoms with Crippen molar-refractivity contribution in [2.75, 3.05) is 11.1 Å². The van der Waals surface area contributed by atoms with E-state index in [0.717, 1.165) is 27.4 Å². The Morgan fingerprint density at radius 2 is 2.32 bits per heavy atom. The van der Waals surface area contributed by atoms with E-state index in [1.165, 1.54) is 10.4 Å². The second-order valence-corrected chi connectivity index (χ2v) is 7.24. The Kier molecular flexibility index (Phi) is 3.91. The molecule has 2 aromatic rings. The number of fused-ring (bicyclic) bond motifs is 1. The van der Waals surface area contributed by atoms with Gasteiger partial charge in [0.2, 0.25) is 0 Å². The number of amides is 1. The van der Waals surface area contributed by atoms with Crippen LogP contribution < -0.4 is 5.32 Å². The number of hydrogen-bond donors (Lipinski definition) is 1. The zero-order valence-corrected chi connectivity index (χ0v) is 13.2. The van der Waals surface area contributed by atoms with Crippen LogP contribution in [0.2, 0.25) is 0 Å². The fourth-order valence-corrected chi connectivity index (χ4v) is 4.40. The minimum Gasteiger partial charge on any atom is -0.320 e. The Morgan fingerprint density at radius 3 is 3.05 bits per heavy atom. The van der Waals surface area contributed by atoms with Crippen LogP contribution in [0.25, 0.3) is 0 Å². The third kappa shape index (κ3) is 3.01. The number of thioether (sulfide) groups is 1. The molecular weight excluding hydrogens is 344 g/mol.